The summed E-state index contributed by atoms with van der Waals surface area (Å²) < 4.78 is 0. The molecule has 2 radical (unpaired) electrons. The first kappa shape index (κ1) is 6.25. The second kappa shape index (κ2) is 2.61. The van der Waals surface area contributed by atoms with Crippen LogP contribution < -0.4 is 0 Å². The predicted molar refractivity (Wildman–Crippen MR) is 41.2 cm³/mol. The highest BCUT2D eigenvalue weighted by atomic mass is 28.1. The molecule has 0 nitrogen and oxygen atoms in total. The van der Waals surface area contributed by atoms with E-state index in [0.29, 0.717) is 0 Å². The molecule has 0 fully saturated rings. The Balaban J connectivity index is 2.86. The lowest BCUT2D eigenvalue weighted by Crippen LogP contribution is -1.97. The molecule has 0 bridgehead atoms. The van der Waals surface area contributed by atoms with Crippen molar-refractivity contribution in [2.45, 2.75) is 6.42 Å². The smallest absolute Gasteiger partial charge is 0.0329 e. The summed E-state index contributed by atoms with van der Waals surface area (Å²) in [5, 5.41) is 1.20. The van der Waals surface area contributed by atoms with Gasteiger partial charge in [0.25, 0.3) is 0 Å². The maximum absolute atomic E-state index is 6.78. The van der Waals surface area contributed by atoms with Crippen molar-refractivity contribution in [3.05, 3.63) is 30.2 Å². The number of allylic oxidation sites excluding steroid dienone is 4. The molecule has 1 aliphatic carbocycles. The van der Waals surface area contributed by atoms with Crippen LogP contribution in [0.5, 0.6) is 0 Å². The summed E-state index contributed by atoms with van der Waals surface area (Å²) in [6.07, 6.45) is 14.7. The van der Waals surface area contributed by atoms with Crippen LogP contribution in [0, 0.1) is 18.4 Å². The van der Waals surface area contributed by atoms with E-state index in [2.05, 4.69) is 12.0 Å². The summed E-state index contributed by atoms with van der Waals surface area (Å²) in [5.41, 5.74) is 0.756. The number of rotatable bonds is 0. The largest absolute Gasteiger partial charge is 0.0793 e. The maximum atomic E-state index is 6.78. The topological polar surface area (TPSA) is 0 Å². The van der Waals surface area contributed by atoms with Gasteiger partial charge in [0.1, 0.15) is 0 Å². The monoisotopic (exact) mass is 130 g/mol. The Morgan fingerprint density at radius 2 is 2.56 bits per heavy atom. The zero-order valence-corrected chi connectivity index (χ0v) is 6.48. The minimum Gasteiger partial charge on any atom is -0.0793 e. The first-order valence-electron chi connectivity index (χ1n) is 2.74. The quantitative estimate of drug-likeness (QED) is 0.321. The van der Waals surface area contributed by atoms with Gasteiger partial charge < -0.3 is 0 Å². The average Bonchev–Trinajstić information content (AvgIpc) is 1.88. The van der Waals surface area contributed by atoms with Crippen molar-refractivity contribution in [2.75, 3.05) is 0 Å². The molecule has 0 aliphatic heterocycles. The van der Waals surface area contributed by atoms with E-state index in [1.54, 1.807) is 0 Å². The molecule has 0 saturated heterocycles. The Hall–Kier alpha value is -0.873. The van der Waals surface area contributed by atoms with Crippen molar-refractivity contribution in [2.24, 2.45) is 0 Å². The molecule has 0 N–H and O–H groups in total. The van der Waals surface area contributed by atoms with E-state index in [0.717, 1.165) is 12.0 Å². The normalized spacial score (nSPS) is 16.8. The van der Waals surface area contributed by atoms with Crippen LogP contribution in [0.2, 0.25) is 0 Å². The predicted octanol–water partition coefficient (Wildman–Crippen LogP) is 0.0712. The fourth-order valence-electron chi connectivity index (χ4n) is 0.675. The first-order chi connectivity index (χ1) is 4.33. The van der Waals surface area contributed by atoms with Crippen LogP contribution in [0.15, 0.2) is 17.7 Å². The van der Waals surface area contributed by atoms with Gasteiger partial charge in [-0.1, -0.05) is 17.2 Å². The van der Waals surface area contributed by atoms with E-state index in [4.69, 9.17) is 6.42 Å². The zero-order chi connectivity index (χ0) is 6.69. The van der Waals surface area contributed by atoms with Gasteiger partial charge >= 0.3 is 0 Å². The second-order valence-corrected chi connectivity index (χ2v) is 2.73. The summed E-state index contributed by atoms with van der Waals surface area (Å²) in [4.78, 5) is 0. The third kappa shape index (κ3) is 1.51. The highest BCUT2D eigenvalue weighted by molar-refractivity contribution is 6.41. The summed E-state index contributed by atoms with van der Waals surface area (Å²) in [6, 6.07) is 0. The molecular formula is C8H6Si. The minimum absolute atomic E-state index is 0.756. The highest BCUT2D eigenvalue weighted by Gasteiger charge is 1.95. The van der Waals surface area contributed by atoms with Crippen LogP contribution in [-0.2, 0) is 0 Å². The first-order valence-corrected chi connectivity index (χ1v) is 3.44. The molecule has 0 spiro atoms. The standard InChI is InChI=1S/C8H6Si/c1-2-7-4-3-5-8(9)6-7/h3-4H,5,9H2. The zero-order valence-electron chi connectivity index (χ0n) is 5.07. The van der Waals surface area contributed by atoms with E-state index < -0.39 is 0 Å². The molecule has 1 aliphatic rings. The summed E-state index contributed by atoms with van der Waals surface area (Å²) in [7, 11) is 1.81. The van der Waals surface area contributed by atoms with Gasteiger partial charge in [0.05, 0.1) is 0 Å². The average molecular weight is 130 g/mol. The Bertz CT molecular complexity index is 225. The van der Waals surface area contributed by atoms with E-state index in [-0.39, 0.29) is 0 Å². The van der Waals surface area contributed by atoms with Gasteiger partial charge in [-0.05, 0) is 34.9 Å². The van der Waals surface area contributed by atoms with Crippen LogP contribution in [-0.4, -0.2) is 15.0 Å². The molecule has 0 aromatic rings. The van der Waals surface area contributed by atoms with E-state index in [1.807, 2.05) is 22.0 Å². The van der Waals surface area contributed by atoms with Crippen molar-refractivity contribution in [3.8, 4) is 5.92 Å². The van der Waals surface area contributed by atoms with Crippen LogP contribution in [0.3, 0.4) is 0 Å². The second-order valence-electron chi connectivity index (χ2n) is 1.87. The lowest BCUT2D eigenvalue weighted by molar-refractivity contribution is 1.46. The molecule has 0 aromatic heterocycles. The fourth-order valence-corrected chi connectivity index (χ4v) is 1.03. The maximum Gasteiger partial charge on any atom is 0.0329 e. The lowest BCUT2D eigenvalue weighted by atomic mass is 10.1. The lowest BCUT2D eigenvalue weighted by Gasteiger charge is -1.99. The molecule has 0 heterocycles. The van der Waals surface area contributed by atoms with Crippen LogP contribution in [0.4, 0.5) is 0 Å². The van der Waals surface area contributed by atoms with E-state index >= 15 is 0 Å². The third-order valence-corrected chi connectivity index (χ3v) is 1.56. The van der Waals surface area contributed by atoms with Gasteiger partial charge in [0, 0.05) is 5.57 Å². The number of hydrogen-bond acceptors (Lipinski definition) is 0. The Morgan fingerprint density at radius 3 is 3.00 bits per heavy atom. The van der Waals surface area contributed by atoms with Gasteiger partial charge in [-0.3, -0.25) is 0 Å². The summed E-state index contributed by atoms with van der Waals surface area (Å²) in [5.74, 6) is 2.29. The molecule has 1 heteroatoms. The molecule has 1 rings (SSSR count). The van der Waals surface area contributed by atoms with Crippen molar-refractivity contribution in [3.63, 3.8) is 0 Å². The van der Waals surface area contributed by atoms with E-state index in [1.165, 1.54) is 5.17 Å². The molecule has 0 aromatic carbocycles. The van der Waals surface area contributed by atoms with Gasteiger partial charge in [-0.25, -0.2) is 0 Å². The third-order valence-electron chi connectivity index (χ3n) is 1.09. The molecule has 0 unspecified atom stereocenters. The molecule has 42 valence electrons. The summed E-state index contributed by atoms with van der Waals surface area (Å²) in [6.45, 7) is 0. The number of hydrogen-bond donors (Lipinski definition) is 0. The molecule has 0 amide bonds. The highest BCUT2D eigenvalue weighted by Crippen LogP contribution is 2.03. The van der Waals surface area contributed by atoms with Crippen molar-refractivity contribution in [1.29, 1.82) is 0 Å². The van der Waals surface area contributed by atoms with Crippen LogP contribution in [0.1, 0.15) is 6.42 Å². The minimum atomic E-state index is 0.756. The van der Waals surface area contributed by atoms with Gasteiger partial charge in [0.15, 0.2) is 0 Å². The Kier molecular flexibility index (Phi) is 1.81. The van der Waals surface area contributed by atoms with Crippen molar-refractivity contribution >= 4 is 15.0 Å². The van der Waals surface area contributed by atoms with Gasteiger partial charge in [0.2, 0.25) is 0 Å². The molecular weight excluding hydrogens is 124 g/mol. The van der Waals surface area contributed by atoms with Crippen molar-refractivity contribution < 1.29 is 0 Å². The Labute approximate surface area is 58.3 Å². The van der Waals surface area contributed by atoms with Crippen molar-refractivity contribution in [1.82, 2.24) is 0 Å². The SMILES string of the molecule is [C]#CC1=[C]C(=[SiH2])CC=C1. The molecule has 9 heavy (non-hydrogen) atoms. The van der Waals surface area contributed by atoms with Gasteiger partial charge in [-0.15, -0.1) is 0 Å². The van der Waals surface area contributed by atoms with Gasteiger partial charge in [-0.2, -0.15) is 0 Å². The summed E-state index contributed by atoms with van der Waals surface area (Å²) >= 11 is 0. The Morgan fingerprint density at radius 1 is 1.78 bits per heavy atom. The molecule has 0 saturated carbocycles. The fraction of sp³-hybridized carbons (Fsp3) is 0.125. The molecule has 0 atom stereocenters. The van der Waals surface area contributed by atoms with Crippen LogP contribution >= 0.6 is 0 Å². The van der Waals surface area contributed by atoms with E-state index in [9.17, 15) is 0 Å². The van der Waals surface area contributed by atoms with Crippen LogP contribution in [0.25, 0.3) is 0 Å².